The molecule has 0 saturated carbocycles. The van der Waals surface area contributed by atoms with Gasteiger partial charge < -0.3 is 4.90 Å². The largest absolute Gasteiger partial charge is 0.310 e. The number of carbonyl (C=O) groups is 1. The van der Waals surface area contributed by atoms with E-state index in [0.29, 0.717) is 35.5 Å². The van der Waals surface area contributed by atoms with Crippen molar-refractivity contribution < 1.29 is 13.6 Å². The maximum atomic E-state index is 13.7. The SMILES string of the molecule is CN(C(=O)c1nn(-c2ccc(F)c(F)c2)c2c1CCC2)c1cccc(C#N)c1. The van der Waals surface area contributed by atoms with E-state index in [1.807, 2.05) is 0 Å². The van der Waals surface area contributed by atoms with Crippen molar-refractivity contribution in [1.29, 1.82) is 5.26 Å². The second kappa shape index (κ2) is 6.89. The molecule has 0 aliphatic heterocycles. The minimum Gasteiger partial charge on any atom is -0.310 e. The average molecular weight is 378 g/mol. The van der Waals surface area contributed by atoms with Crippen LogP contribution >= 0.6 is 0 Å². The van der Waals surface area contributed by atoms with E-state index in [1.165, 1.54) is 15.6 Å². The Hall–Kier alpha value is -3.53. The highest BCUT2D eigenvalue weighted by atomic mass is 19.2. The first-order valence-corrected chi connectivity index (χ1v) is 8.84. The number of carbonyl (C=O) groups excluding carboxylic acids is 1. The highest BCUT2D eigenvalue weighted by molar-refractivity contribution is 6.05. The summed E-state index contributed by atoms with van der Waals surface area (Å²) >= 11 is 0. The number of halogens is 2. The van der Waals surface area contributed by atoms with Crippen LogP contribution in [0.1, 0.15) is 33.7 Å². The van der Waals surface area contributed by atoms with Crippen LogP contribution < -0.4 is 4.90 Å². The average Bonchev–Trinajstić information content (AvgIpc) is 3.32. The molecular formula is C21H16F2N4O. The monoisotopic (exact) mass is 378 g/mol. The minimum atomic E-state index is -0.960. The summed E-state index contributed by atoms with van der Waals surface area (Å²) < 4.78 is 28.5. The number of nitrogens with zero attached hydrogens (tertiary/aromatic N) is 4. The van der Waals surface area contributed by atoms with Crippen molar-refractivity contribution in [2.45, 2.75) is 19.3 Å². The third-order valence-electron chi connectivity index (χ3n) is 4.95. The smallest absolute Gasteiger partial charge is 0.278 e. The Labute approximate surface area is 160 Å². The summed E-state index contributed by atoms with van der Waals surface area (Å²) in [6, 6.07) is 12.4. The molecule has 0 fully saturated rings. The molecule has 1 aromatic heterocycles. The van der Waals surface area contributed by atoms with E-state index in [0.717, 1.165) is 29.8 Å². The van der Waals surface area contributed by atoms with E-state index in [4.69, 9.17) is 5.26 Å². The van der Waals surface area contributed by atoms with Gasteiger partial charge in [0, 0.05) is 30.1 Å². The Balaban J connectivity index is 1.75. The van der Waals surface area contributed by atoms with Crippen LogP contribution in [0.25, 0.3) is 5.69 Å². The summed E-state index contributed by atoms with van der Waals surface area (Å²) in [4.78, 5) is 14.5. The molecule has 4 rings (SSSR count). The number of aromatic nitrogens is 2. The fourth-order valence-corrected chi connectivity index (χ4v) is 3.50. The third-order valence-corrected chi connectivity index (χ3v) is 4.95. The van der Waals surface area contributed by atoms with Gasteiger partial charge in [-0.25, -0.2) is 13.5 Å². The van der Waals surface area contributed by atoms with Gasteiger partial charge in [-0.2, -0.15) is 10.4 Å². The molecule has 1 aliphatic rings. The van der Waals surface area contributed by atoms with E-state index in [9.17, 15) is 13.6 Å². The molecule has 0 unspecified atom stereocenters. The van der Waals surface area contributed by atoms with Crippen LogP contribution in [0.3, 0.4) is 0 Å². The number of anilines is 1. The number of benzene rings is 2. The number of hydrogen-bond donors (Lipinski definition) is 0. The second-order valence-electron chi connectivity index (χ2n) is 6.66. The lowest BCUT2D eigenvalue weighted by molar-refractivity contribution is 0.0987. The fraction of sp³-hybridized carbons (Fsp3) is 0.190. The van der Waals surface area contributed by atoms with Crippen molar-refractivity contribution in [2.75, 3.05) is 11.9 Å². The topological polar surface area (TPSA) is 61.9 Å². The predicted octanol–water partition coefficient (Wildman–Crippen LogP) is 3.79. The van der Waals surface area contributed by atoms with Crippen molar-refractivity contribution in [3.63, 3.8) is 0 Å². The van der Waals surface area contributed by atoms with Gasteiger partial charge in [0.15, 0.2) is 17.3 Å². The van der Waals surface area contributed by atoms with Crippen LogP contribution in [0, 0.1) is 23.0 Å². The van der Waals surface area contributed by atoms with Crippen molar-refractivity contribution in [3.8, 4) is 11.8 Å². The van der Waals surface area contributed by atoms with Crippen molar-refractivity contribution in [1.82, 2.24) is 9.78 Å². The van der Waals surface area contributed by atoms with Crippen LogP contribution in [0.15, 0.2) is 42.5 Å². The number of rotatable bonds is 3. The lowest BCUT2D eigenvalue weighted by Crippen LogP contribution is -2.27. The maximum Gasteiger partial charge on any atom is 0.278 e. The van der Waals surface area contributed by atoms with Gasteiger partial charge in [0.25, 0.3) is 5.91 Å². The zero-order valence-corrected chi connectivity index (χ0v) is 15.1. The van der Waals surface area contributed by atoms with Gasteiger partial charge in [-0.1, -0.05) is 6.07 Å². The van der Waals surface area contributed by atoms with E-state index in [2.05, 4.69) is 11.2 Å². The van der Waals surface area contributed by atoms with Gasteiger partial charge in [0.2, 0.25) is 0 Å². The molecule has 3 aromatic rings. The summed E-state index contributed by atoms with van der Waals surface area (Å²) in [6.07, 6.45) is 2.28. The van der Waals surface area contributed by atoms with Crippen molar-refractivity contribution in [2.24, 2.45) is 0 Å². The van der Waals surface area contributed by atoms with Gasteiger partial charge >= 0.3 is 0 Å². The van der Waals surface area contributed by atoms with Crippen LogP contribution in [-0.4, -0.2) is 22.7 Å². The second-order valence-corrected chi connectivity index (χ2v) is 6.66. The lowest BCUT2D eigenvalue weighted by Gasteiger charge is -2.17. The number of fused-ring (bicyclic) bond motifs is 1. The van der Waals surface area contributed by atoms with Crippen LogP contribution in [0.2, 0.25) is 0 Å². The number of nitriles is 1. The molecule has 0 radical (unpaired) electrons. The Morgan fingerprint density at radius 2 is 2.00 bits per heavy atom. The van der Waals surface area contributed by atoms with Gasteiger partial charge in [-0.3, -0.25) is 4.79 Å². The third kappa shape index (κ3) is 2.93. The summed E-state index contributed by atoms with van der Waals surface area (Å²) in [7, 11) is 1.62. The Kier molecular flexibility index (Phi) is 4.40. The molecule has 0 bridgehead atoms. The minimum absolute atomic E-state index is 0.294. The first-order chi connectivity index (χ1) is 13.5. The van der Waals surface area contributed by atoms with E-state index in [1.54, 1.807) is 31.3 Å². The molecule has 0 saturated heterocycles. The lowest BCUT2D eigenvalue weighted by atomic mass is 10.1. The Morgan fingerprint density at radius 1 is 1.18 bits per heavy atom. The van der Waals surface area contributed by atoms with Crippen LogP contribution in [0.4, 0.5) is 14.5 Å². The molecule has 0 atom stereocenters. The summed E-state index contributed by atoms with van der Waals surface area (Å²) in [6.45, 7) is 0. The molecule has 0 N–H and O–H groups in total. The zero-order chi connectivity index (χ0) is 19.8. The molecule has 2 aromatic carbocycles. The molecular weight excluding hydrogens is 362 g/mol. The quantitative estimate of drug-likeness (QED) is 0.697. The maximum absolute atomic E-state index is 13.7. The Bertz CT molecular complexity index is 1130. The number of hydrogen-bond acceptors (Lipinski definition) is 3. The molecule has 1 heterocycles. The molecule has 28 heavy (non-hydrogen) atoms. The van der Waals surface area contributed by atoms with E-state index >= 15 is 0 Å². The van der Waals surface area contributed by atoms with Gasteiger partial charge in [0.1, 0.15) is 0 Å². The van der Waals surface area contributed by atoms with Gasteiger partial charge in [-0.05, 0) is 49.6 Å². The number of amides is 1. The predicted molar refractivity (Wildman–Crippen MR) is 99.4 cm³/mol. The summed E-state index contributed by atoms with van der Waals surface area (Å²) in [5.74, 6) is -2.20. The molecule has 1 aliphatic carbocycles. The zero-order valence-electron chi connectivity index (χ0n) is 15.1. The van der Waals surface area contributed by atoms with Crippen molar-refractivity contribution >= 4 is 11.6 Å². The first kappa shape index (κ1) is 17.9. The highest BCUT2D eigenvalue weighted by Crippen LogP contribution is 2.29. The first-order valence-electron chi connectivity index (χ1n) is 8.84. The standard InChI is InChI=1S/C21H16F2N4O/c1-26(14-5-2-4-13(10-14)12-24)21(28)20-16-6-3-7-19(16)27(25-20)15-8-9-17(22)18(23)11-15/h2,4-5,8-11H,3,6-7H2,1H3. The Morgan fingerprint density at radius 3 is 2.75 bits per heavy atom. The molecule has 140 valence electrons. The normalized spacial score (nSPS) is 12.5. The fourth-order valence-electron chi connectivity index (χ4n) is 3.50. The van der Waals surface area contributed by atoms with Gasteiger partial charge in [-0.15, -0.1) is 0 Å². The van der Waals surface area contributed by atoms with E-state index in [-0.39, 0.29) is 5.91 Å². The molecule has 7 heteroatoms. The van der Waals surface area contributed by atoms with Gasteiger partial charge in [0.05, 0.1) is 17.3 Å². The highest BCUT2D eigenvalue weighted by Gasteiger charge is 2.29. The van der Waals surface area contributed by atoms with Crippen LogP contribution in [0.5, 0.6) is 0 Å². The van der Waals surface area contributed by atoms with E-state index < -0.39 is 11.6 Å². The molecule has 0 spiro atoms. The van der Waals surface area contributed by atoms with Crippen molar-refractivity contribution in [3.05, 3.63) is 76.6 Å². The summed E-state index contributed by atoms with van der Waals surface area (Å²) in [5.41, 5.74) is 3.38. The summed E-state index contributed by atoms with van der Waals surface area (Å²) in [5, 5.41) is 13.5. The van der Waals surface area contributed by atoms with Crippen LogP contribution in [-0.2, 0) is 12.8 Å². The molecule has 1 amide bonds. The molecule has 5 nitrogen and oxygen atoms in total.